The molecule has 0 aromatic rings. The van der Waals surface area contributed by atoms with E-state index < -0.39 is 20.0 Å². The maximum Gasteiger partial charge on any atom is 0.472 e. The summed E-state index contributed by atoms with van der Waals surface area (Å²) in [6, 6.07) is -0.891. The van der Waals surface area contributed by atoms with E-state index in [1.54, 1.807) is 6.08 Å². The Morgan fingerprint density at radius 3 is 1.31 bits per heavy atom. The summed E-state index contributed by atoms with van der Waals surface area (Å²) in [5.74, 6) is -0.218. The highest BCUT2D eigenvalue weighted by Crippen LogP contribution is 2.43. The van der Waals surface area contributed by atoms with E-state index in [2.05, 4.69) is 153 Å². The lowest BCUT2D eigenvalue weighted by Gasteiger charge is -2.25. The van der Waals surface area contributed by atoms with Crippen molar-refractivity contribution in [3.05, 3.63) is 146 Å². The average Bonchev–Trinajstić information content (AvgIpc) is 3.32. The van der Waals surface area contributed by atoms with Crippen LogP contribution in [0.2, 0.25) is 0 Å². The zero-order chi connectivity index (χ0) is 51.3. The molecule has 70 heavy (non-hydrogen) atoms. The molecule has 0 aliphatic rings. The van der Waals surface area contributed by atoms with Crippen LogP contribution in [0, 0.1) is 0 Å². The van der Waals surface area contributed by atoms with Crippen LogP contribution in [0.4, 0.5) is 0 Å². The standard InChI is InChI=1S/C61H101N2O6P/c1-6-8-10-12-14-16-18-20-22-23-24-25-26-27-28-29-30-31-32-33-34-35-36-37-38-39-41-43-45-47-49-51-53-55-61(65)62-59(58-69-70(66,67)68-57-56-63(3,4)5)60(64)54-52-50-48-46-44-42-40-21-19-17-15-13-11-9-7-2/h8,10,14,16,19-22,24-25,27-28,30-31,33-34,36-37,39,41,44,46,52,54,59-60,64H,6-7,9,11-13,15,17-18,23,26,29,32,35,38,40,42-43,45,47-51,53,55-58H2,1-5H3,(H-,62,65,66,67)/p+1/b10-8-,16-14-,21-19+,22-20-,25-24-,28-27-,31-30-,34-33-,37-36-,41-39-,46-44+,54-52+. The number of amides is 1. The largest absolute Gasteiger partial charge is 0.472 e. The number of carbonyl (C=O) groups excluding carboxylic acids is 1. The van der Waals surface area contributed by atoms with Gasteiger partial charge in [0.25, 0.3) is 0 Å². The zero-order valence-electron chi connectivity index (χ0n) is 44.9. The van der Waals surface area contributed by atoms with Crippen LogP contribution in [-0.4, -0.2) is 73.4 Å². The molecular formula is C61H102N2O6P+. The third-order valence-corrected chi connectivity index (χ3v) is 12.0. The van der Waals surface area contributed by atoms with E-state index in [0.717, 1.165) is 128 Å². The van der Waals surface area contributed by atoms with Gasteiger partial charge in [-0.15, -0.1) is 0 Å². The van der Waals surface area contributed by atoms with Crippen molar-refractivity contribution >= 4 is 13.7 Å². The first-order valence-electron chi connectivity index (χ1n) is 27.2. The van der Waals surface area contributed by atoms with Gasteiger partial charge in [-0.25, -0.2) is 4.57 Å². The van der Waals surface area contributed by atoms with Crippen molar-refractivity contribution < 1.29 is 32.9 Å². The molecule has 0 bridgehead atoms. The summed E-state index contributed by atoms with van der Waals surface area (Å²) in [5, 5.41) is 13.8. The molecule has 0 spiro atoms. The van der Waals surface area contributed by atoms with E-state index >= 15 is 0 Å². The third kappa shape index (κ3) is 52.2. The fraction of sp³-hybridized carbons (Fsp3) is 0.590. The average molecular weight is 990 g/mol. The van der Waals surface area contributed by atoms with Gasteiger partial charge in [-0.3, -0.25) is 13.8 Å². The van der Waals surface area contributed by atoms with Crippen molar-refractivity contribution in [2.24, 2.45) is 0 Å². The van der Waals surface area contributed by atoms with Crippen LogP contribution in [0.1, 0.15) is 181 Å². The van der Waals surface area contributed by atoms with Gasteiger partial charge in [0.1, 0.15) is 13.2 Å². The molecule has 0 saturated carbocycles. The van der Waals surface area contributed by atoms with Gasteiger partial charge in [0.15, 0.2) is 0 Å². The van der Waals surface area contributed by atoms with Gasteiger partial charge in [-0.2, -0.15) is 0 Å². The number of rotatable bonds is 47. The Morgan fingerprint density at radius 1 is 0.500 bits per heavy atom. The molecule has 0 saturated heterocycles. The smallest absolute Gasteiger partial charge is 0.387 e. The number of hydrogen-bond acceptors (Lipinski definition) is 5. The molecule has 0 radical (unpaired) electrons. The molecule has 3 atom stereocenters. The molecule has 0 aromatic heterocycles. The maximum absolute atomic E-state index is 12.9. The number of quaternary nitrogens is 1. The molecule has 1 amide bonds. The van der Waals surface area contributed by atoms with E-state index in [9.17, 15) is 19.4 Å². The van der Waals surface area contributed by atoms with Crippen molar-refractivity contribution in [1.29, 1.82) is 0 Å². The number of hydrogen-bond donors (Lipinski definition) is 3. The van der Waals surface area contributed by atoms with E-state index in [-0.39, 0.29) is 19.1 Å². The summed E-state index contributed by atoms with van der Waals surface area (Å²) in [6.07, 6.45) is 78.0. The van der Waals surface area contributed by atoms with Gasteiger partial charge < -0.3 is 19.8 Å². The number of likely N-dealkylation sites (N-methyl/N-ethyl adjacent to an activating group) is 1. The highest BCUT2D eigenvalue weighted by molar-refractivity contribution is 7.47. The fourth-order valence-electron chi connectivity index (χ4n) is 6.77. The Morgan fingerprint density at radius 2 is 0.871 bits per heavy atom. The molecule has 9 heteroatoms. The van der Waals surface area contributed by atoms with Crippen LogP contribution < -0.4 is 5.32 Å². The van der Waals surface area contributed by atoms with Crippen molar-refractivity contribution in [3.8, 4) is 0 Å². The lowest BCUT2D eigenvalue weighted by Crippen LogP contribution is -2.45. The van der Waals surface area contributed by atoms with E-state index in [4.69, 9.17) is 9.05 Å². The summed E-state index contributed by atoms with van der Waals surface area (Å²) in [5.41, 5.74) is 0. The molecular weight excluding hydrogens is 888 g/mol. The monoisotopic (exact) mass is 990 g/mol. The first kappa shape index (κ1) is 66.4. The number of aliphatic hydroxyl groups excluding tert-OH is 1. The van der Waals surface area contributed by atoms with Gasteiger partial charge in [0.05, 0.1) is 39.9 Å². The van der Waals surface area contributed by atoms with Crippen LogP contribution in [0.15, 0.2) is 146 Å². The number of carbonyl (C=O) groups is 1. The Bertz CT molecular complexity index is 1640. The van der Waals surface area contributed by atoms with Crippen molar-refractivity contribution in [2.75, 3.05) is 40.9 Å². The number of phosphoric acid groups is 1. The molecule has 0 aliphatic carbocycles. The normalized spacial score (nSPS) is 15.1. The van der Waals surface area contributed by atoms with Crippen LogP contribution in [0.3, 0.4) is 0 Å². The second-order valence-corrected chi connectivity index (χ2v) is 20.3. The van der Waals surface area contributed by atoms with Crippen LogP contribution in [-0.2, 0) is 18.4 Å². The van der Waals surface area contributed by atoms with E-state index in [1.165, 1.54) is 32.1 Å². The highest BCUT2D eigenvalue weighted by atomic mass is 31.2. The van der Waals surface area contributed by atoms with Crippen LogP contribution in [0.5, 0.6) is 0 Å². The van der Waals surface area contributed by atoms with Gasteiger partial charge in [-0.1, -0.05) is 205 Å². The fourth-order valence-corrected chi connectivity index (χ4v) is 7.50. The SMILES string of the molecule is CC/C=C\C/C=C\C/C=C\C/C=C\C/C=C\C/C=C\C/C=C\C/C=C\C/C=C\CCCCCCCC(=O)NC(COP(=O)(O)OCC[N+](C)(C)C)C(O)/C=C/CC/C=C/CC/C=C/CCCCCCC. The predicted molar refractivity (Wildman–Crippen MR) is 304 cm³/mol. The number of nitrogens with one attached hydrogen (secondary N) is 1. The summed E-state index contributed by atoms with van der Waals surface area (Å²) in [7, 11) is 1.51. The number of phosphoric ester groups is 1. The zero-order valence-corrected chi connectivity index (χ0v) is 45.8. The lowest BCUT2D eigenvalue weighted by atomic mass is 10.1. The second kappa shape index (κ2) is 50.3. The van der Waals surface area contributed by atoms with Crippen molar-refractivity contribution in [3.63, 3.8) is 0 Å². The topological polar surface area (TPSA) is 105 Å². The van der Waals surface area contributed by atoms with Crippen molar-refractivity contribution in [2.45, 2.75) is 193 Å². The molecule has 3 unspecified atom stereocenters. The molecule has 0 heterocycles. The van der Waals surface area contributed by atoms with Crippen LogP contribution >= 0.6 is 7.82 Å². The summed E-state index contributed by atoms with van der Waals surface area (Å²) in [6.45, 7) is 4.61. The first-order valence-corrected chi connectivity index (χ1v) is 28.7. The number of nitrogens with zero attached hydrogens (tertiary/aromatic N) is 1. The molecule has 8 nitrogen and oxygen atoms in total. The van der Waals surface area contributed by atoms with Gasteiger partial charge in [-0.05, 0) is 116 Å². The Balaban J connectivity index is 4.34. The molecule has 396 valence electrons. The molecule has 0 rings (SSSR count). The lowest BCUT2D eigenvalue weighted by molar-refractivity contribution is -0.870. The highest BCUT2D eigenvalue weighted by Gasteiger charge is 2.27. The minimum atomic E-state index is -4.37. The first-order chi connectivity index (χ1) is 34.0. The Kier molecular flexibility index (Phi) is 47.7. The van der Waals surface area contributed by atoms with Crippen molar-refractivity contribution in [1.82, 2.24) is 5.32 Å². The predicted octanol–water partition coefficient (Wildman–Crippen LogP) is 16.5. The minimum Gasteiger partial charge on any atom is -0.387 e. The quantitative estimate of drug-likeness (QED) is 0.0243. The molecule has 0 aromatic carbocycles. The number of allylic oxidation sites excluding steroid dienone is 23. The number of unbranched alkanes of at least 4 members (excludes halogenated alkanes) is 12. The number of aliphatic hydroxyl groups is 1. The molecule has 0 aliphatic heterocycles. The summed E-state index contributed by atoms with van der Waals surface area (Å²) < 4.78 is 23.6. The van der Waals surface area contributed by atoms with Gasteiger partial charge in [0.2, 0.25) is 5.91 Å². The Hall–Kier alpha value is -3.62. The van der Waals surface area contributed by atoms with E-state index in [1.807, 2.05) is 27.2 Å². The maximum atomic E-state index is 12.9. The second-order valence-electron chi connectivity index (χ2n) is 18.8. The third-order valence-electron chi connectivity index (χ3n) is 11.0. The minimum absolute atomic E-state index is 0.0407. The van der Waals surface area contributed by atoms with Gasteiger partial charge in [0, 0.05) is 6.42 Å². The Labute approximate surface area is 429 Å². The summed E-state index contributed by atoms with van der Waals surface area (Å²) in [4.78, 5) is 23.2. The van der Waals surface area contributed by atoms with Crippen LogP contribution in [0.25, 0.3) is 0 Å². The molecule has 3 N–H and O–H groups in total. The molecule has 0 fully saturated rings. The van der Waals surface area contributed by atoms with E-state index in [0.29, 0.717) is 17.4 Å². The summed E-state index contributed by atoms with van der Waals surface area (Å²) >= 11 is 0. The van der Waals surface area contributed by atoms with Gasteiger partial charge >= 0.3 is 7.82 Å².